The number of amides is 1. The minimum Gasteiger partial charge on any atom is -0.355 e. The van der Waals surface area contributed by atoms with Gasteiger partial charge in [0.25, 0.3) is 0 Å². The number of carbonyl (C=O) groups excluding carboxylic acids is 1. The van der Waals surface area contributed by atoms with Crippen molar-refractivity contribution in [1.29, 1.82) is 0 Å². The monoisotopic (exact) mass is 207 g/mol. The Kier molecular flexibility index (Phi) is 2.99. The summed E-state index contributed by atoms with van der Waals surface area (Å²) >= 11 is 0. The van der Waals surface area contributed by atoms with Gasteiger partial charge in [-0.15, -0.1) is 0 Å². The zero-order valence-electron chi connectivity index (χ0n) is 8.50. The van der Waals surface area contributed by atoms with Gasteiger partial charge in [0.15, 0.2) is 0 Å². The Morgan fingerprint density at radius 3 is 2.73 bits per heavy atom. The van der Waals surface area contributed by atoms with Crippen molar-refractivity contribution in [3.63, 3.8) is 0 Å². The Morgan fingerprint density at radius 1 is 1.27 bits per heavy atom. The van der Waals surface area contributed by atoms with E-state index in [0.29, 0.717) is 18.9 Å². The quantitative estimate of drug-likeness (QED) is 0.751. The van der Waals surface area contributed by atoms with Crippen LogP contribution in [-0.2, 0) is 4.79 Å². The number of benzene rings is 1. The number of hydrogen-bond donors (Lipinski definition) is 1. The third kappa shape index (κ3) is 2.55. The molecule has 2 nitrogen and oxygen atoms in total. The van der Waals surface area contributed by atoms with Gasteiger partial charge in [0.05, 0.1) is 0 Å². The standard InChI is InChI=1S/C12H14FNO/c13-11-6-4-9(5-7-11)10-2-1-3-12(15)14-8-10/h4-7,10H,1-3,8H2,(H,14,15)/t10-/m0/s1. The van der Waals surface area contributed by atoms with E-state index in [4.69, 9.17) is 0 Å². The van der Waals surface area contributed by atoms with E-state index in [1.54, 1.807) is 12.1 Å². The molecule has 3 heteroatoms. The average molecular weight is 207 g/mol. The largest absolute Gasteiger partial charge is 0.355 e. The van der Waals surface area contributed by atoms with Gasteiger partial charge in [-0.05, 0) is 30.5 Å². The van der Waals surface area contributed by atoms with Crippen molar-refractivity contribution in [2.24, 2.45) is 0 Å². The first kappa shape index (κ1) is 10.1. The minimum atomic E-state index is -0.212. The van der Waals surface area contributed by atoms with Crippen molar-refractivity contribution in [2.45, 2.75) is 25.2 Å². The van der Waals surface area contributed by atoms with Crippen LogP contribution in [0.2, 0.25) is 0 Å². The molecule has 1 saturated heterocycles. The Balaban J connectivity index is 2.09. The topological polar surface area (TPSA) is 29.1 Å². The Bertz CT molecular complexity index is 347. The van der Waals surface area contributed by atoms with E-state index in [2.05, 4.69) is 5.32 Å². The van der Waals surface area contributed by atoms with Crippen molar-refractivity contribution in [2.75, 3.05) is 6.54 Å². The summed E-state index contributed by atoms with van der Waals surface area (Å²) in [6.45, 7) is 0.671. The summed E-state index contributed by atoms with van der Waals surface area (Å²) in [5, 5.41) is 2.88. The van der Waals surface area contributed by atoms with Gasteiger partial charge in [-0.25, -0.2) is 4.39 Å². The van der Waals surface area contributed by atoms with Gasteiger partial charge in [-0.3, -0.25) is 4.79 Å². The van der Waals surface area contributed by atoms with Gasteiger partial charge in [0.2, 0.25) is 5.91 Å². The fourth-order valence-corrected chi connectivity index (χ4v) is 1.96. The van der Waals surface area contributed by atoms with Gasteiger partial charge >= 0.3 is 0 Å². The maximum Gasteiger partial charge on any atom is 0.220 e. The predicted molar refractivity (Wildman–Crippen MR) is 56.0 cm³/mol. The molecule has 2 rings (SSSR count). The summed E-state index contributed by atoms with van der Waals surface area (Å²) in [5.41, 5.74) is 1.11. The molecule has 80 valence electrons. The highest BCUT2D eigenvalue weighted by atomic mass is 19.1. The van der Waals surface area contributed by atoms with Crippen LogP contribution in [0, 0.1) is 5.82 Å². The van der Waals surface area contributed by atoms with Crippen molar-refractivity contribution in [1.82, 2.24) is 5.32 Å². The van der Waals surface area contributed by atoms with Crippen LogP contribution < -0.4 is 5.32 Å². The molecule has 1 heterocycles. The second-order valence-corrected chi connectivity index (χ2v) is 3.94. The molecule has 1 aromatic rings. The van der Waals surface area contributed by atoms with E-state index in [1.807, 2.05) is 0 Å². The fraction of sp³-hybridized carbons (Fsp3) is 0.417. The van der Waals surface area contributed by atoms with E-state index in [1.165, 1.54) is 12.1 Å². The van der Waals surface area contributed by atoms with E-state index in [9.17, 15) is 9.18 Å². The third-order valence-electron chi connectivity index (χ3n) is 2.84. The normalized spacial score (nSPS) is 21.9. The number of rotatable bonds is 1. The highest BCUT2D eigenvalue weighted by Crippen LogP contribution is 2.23. The average Bonchev–Trinajstić information content (AvgIpc) is 2.44. The first-order valence-electron chi connectivity index (χ1n) is 5.28. The lowest BCUT2D eigenvalue weighted by molar-refractivity contribution is -0.120. The van der Waals surface area contributed by atoms with Crippen LogP contribution in [0.5, 0.6) is 0 Å². The van der Waals surface area contributed by atoms with Gasteiger partial charge < -0.3 is 5.32 Å². The molecule has 0 radical (unpaired) electrons. The van der Waals surface area contributed by atoms with Crippen LogP contribution in [0.25, 0.3) is 0 Å². The van der Waals surface area contributed by atoms with Crippen molar-refractivity contribution in [3.8, 4) is 0 Å². The van der Waals surface area contributed by atoms with Crippen LogP contribution in [0.1, 0.15) is 30.7 Å². The summed E-state index contributed by atoms with van der Waals surface area (Å²) in [6, 6.07) is 6.55. The molecule has 15 heavy (non-hydrogen) atoms. The van der Waals surface area contributed by atoms with Crippen LogP contribution >= 0.6 is 0 Å². The SMILES string of the molecule is O=C1CCC[C@H](c2ccc(F)cc2)CN1. The Hall–Kier alpha value is -1.38. The fourth-order valence-electron chi connectivity index (χ4n) is 1.96. The van der Waals surface area contributed by atoms with Crippen LogP contribution in [0.3, 0.4) is 0 Å². The number of halogens is 1. The Labute approximate surface area is 88.5 Å². The second kappa shape index (κ2) is 4.43. The molecule has 1 amide bonds. The summed E-state index contributed by atoms with van der Waals surface area (Å²) in [7, 11) is 0. The molecule has 0 spiro atoms. The predicted octanol–water partition coefficient (Wildman–Crippen LogP) is 2.21. The lowest BCUT2D eigenvalue weighted by Gasteiger charge is -2.14. The Morgan fingerprint density at radius 2 is 2.00 bits per heavy atom. The third-order valence-corrected chi connectivity index (χ3v) is 2.84. The van der Waals surface area contributed by atoms with Gasteiger partial charge in [0.1, 0.15) is 5.82 Å². The van der Waals surface area contributed by atoms with Crippen LogP contribution in [0.4, 0.5) is 4.39 Å². The highest BCUT2D eigenvalue weighted by Gasteiger charge is 2.17. The van der Waals surface area contributed by atoms with Gasteiger partial charge in [-0.1, -0.05) is 12.1 Å². The number of nitrogens with one attached hydrogen (secondary N) is 1. The molecule has 0 bridgehead atoms. The molecule has 0 aliphatic carbocycles. The van der Waals surface area contributed by atoms with Crippen molar-refractivity contribution < 1.29 is 9.18 Å². The summed E-state index contributed by atoms with van der Waals surface area (Å²) in [4.78, 5) is 11.1. The molecular weight excluding hydrogens is 193 g/mol. The smallest absolute Gasteiger partial charge is 0.220 e. The lowest BCUT2D eigenvalue weighted by Crippen LogP contribution is -2.24. The van der Waals surface area contributed by atoms with Gasteiger partial charge in [0, 0.05) is 18.9 Å². The van der Waals surface area contributed by atoms with E-state index >= 15 is 0 Å². The maximum absolute atomic E-state index is 12.7. The molecular formula is C12H14FNO. The van der Waals surface area contributed by atoms with E-state index in [-0.39, 0.29) is 11.7 Å². The summed E-state index contributed by atoms with van der Waals surface area (Å²) in [5.74, 6) is 0.244. The van der Waals surface area contributed by atoms with Gasteiger partial charge in [-0.2, -0.15) is 0 Å². The molecule has 0 unspecified atom stereocenters. The second-order valence-electron chi connectivity index (χ2n) is 3.94. The van der Waals surface area contributed by atoms with E-state index < -0.39 is 0 Å². The zero-order valence-corrected chi connectivity index (χ0v) is 8.50. The molecule has 1 aromatic carbocycles. The molecule has 1 aliphatic rings. The van der Waals surface area contributed by atoms with Crippen LogP contribution in [-0.4, -0.2) is 12.5 Å². The van der Waals surface area contributed by atoms with Crippen LogP contribution in [0.15, 0.2) is 24.3 Å². The van der Waals surface area contributed by atoms with Crippen molar-refractivity contribution >= 4 is 5.91 Å². The molecule has 1 aliphatic heterocycles. The first-order valence-corrected chi connectivity index (χ1v) is 5.28. The number of hydrogen-bond acceptors (Lipinski definition) is 1. The highest BCUT2D eigenvalue weighted by molar-refractivity contribution is 5.76. The molecule has 0 saturated carbocycles. The molecule has 1 N–H and O–H groups in total. The van der Waals surface area contributed by atoms with E-state index in [0.717, 1.165) is 18.4 Å². The first-order chi connectivity index (χ1) is 7.25. The lowest BCUT2D eigenvalue weighted by atomic mass is 9.95. The summed E-state index contributed by atoms with van der Waals surface area (Å²) in [6.07, 6.45) is 2.51. The minimum absolute atomic E-state index is 0.125. The molecule has 1 atom stereocenters. The zero-order chi connectivity index (χ0) is 10.7. The molecule has 0 aromatic heterocycles. The maximum atomic E-state index is 12.7. The number of carbonyl (C=O) groups is 1. The molecule has 1 fully saturated rings. The van der Waals surface area contributed by atoms with Crippen molar-refractivity contribution in [3.05, 3.63) is 35.6 Å². The summed E-state index contributed by atoms with van der Waals surface area (Å²) < 4.78 is 12.7.